The van der Waals surface area contributed by atoms with Gasteiger partial charge in [0.15, 0.2) is 6.61 Å². The number of ether oxygens (including phenoxy) is 1. The van der Waals surface area contributed by atoms with Crippen LogP contribution in [0.25, 0.3) is 0 Å². The minimum absolute atomic E-state index is 0.0992. The van der Waals surface area contributed by atoms with Gasteiger partial charge < -0.3 is 15.0 Å². The summed E-state index contributed by atoms with van der Waals surface area (Å²) in [5, 5.41) is 3.12. The van der Waals surface area contributed by atoms with Crippen LogP contribution in [0.4, 0.5) is 0 Å². The fraction of sp³-hybridized carbons (Fsp3) is 0.440. The van der Waals surface area contributed by atoms with Crippen molar-refractivity contribution >= 4 is 11.8 Å². The molecule has 0 aromatic heterocycles. The summed E-state index contributed by atoms with van der Waals surface area (Å²) in [6.07, 6.45) is 4.33. The highest BCUT2D eigenvalue weighted by atomic mass is 16.5. The van der Waals surface area contributed by atoms with Crippen molar-refractivity contribution < 1.29 is 14.3 Å². The Balaban J connectivity index is 1.70. The Kier molecular flexibility index (Phi) is 7.50. The van der Waals surface area contributed by atoms with Crippen LogP contribution in [0, 0.1) is 13.8 Å². The third kappa shape index (κ3) is 6.09. The lowest BCUT2D eigenvalue weighted by atomic mass is 10.1. The highest BCUT2D eigenvalue weighted by Crippen LogP contribution is 2.19. The summed E-state index contributed by atoms with van der Waals surface area (Å²) in [7, 11) is 0. The Morgan fingerprint density at radius 2 is 1.77 bits per heavy atom. The van der Waals surface area contributed by atoms with Gasteiger partial charge in [-0.3, -0.25) is 9.59 Å². The van der Waals surface area contributed by atoms with Crippen molar-refractivity contribution in [2.75, 3.05) is 6.61 Å². The molecule has 0 heterocycles. The number of carbonyl (C=O) groups is 2. The van der Waals surface area contributed by atoms with Gasteiger partial charge in [0, 0.05) is 12.6 Å². The molecule has 1 saturated carbocycles. The van der Waals surface area contributed by atoms with E-state index in [0.717, 1.165) is 42.4 Å². The monoisotopic (exact) mass is 408 g/mol. The van der Waals surface area contributed by atoms with E-state index in [2.05, 4.69) is 5.32 Å². The molecule has 2 aromatic carbocycles. The first-order valence-electron chi connectivity index (χ1n) is 10.8. The minimum Gasteiger partial charge on any atom is -0.484 e. The van der Waals surface area contributed by atoms with Gasteiger partial charge >= 0.3 is 0 Å². The van der Waals surface area contributed by atoms with Crippen LogP contribution >= 0.6 is 0 Å². The van der Waals surface area contributed by atoms with E-state index in [0.29, 0.717) is 12.3 Å². The van der Waals surface area contributed by atoms with E-state index >= 15 is 0 Å². The molecule has 0 spiro atoms. The molecule has 5 nitrogen and oxygen atoms in total. The number of rotatable bonds is 8. The molecule has 1 fully saturated rings. The van der Waals surface area contributed by atoms with Crippen LogP contribution in [0.15, 0.2) is 48.5 Å². The van der Waals surface area contributed by atoms with Gasteiger partial charge in [0.1, 0.15) is 11.8 Å². The van der Waals surface area contributed by atoms with E-state index < -0.39 is 6.04 Å². The van der Waals surface area contributed by atoms with Crippen LogP contribution in [0.3, 0.4) is 0 Å². The van der Waals surface area contributed by atoms with Gasteiger partial charge in [-0.25, -0.2) is 0 Å². The van der Waals surface area contributed by atoms with Crippen LogP contribution in [0.1, 0.15) is 49.3 Å². The molecule has 1 atom stereocenters. The molecule has 0 radical (unpaired) electrons. The molecule has 0 saturated heterocycles. The minimum atomic E-state index is -0.569. The second kappa shape index (κ2) is 10.3. The normalized spacial score (nSPS) is 14.9. The number of hydrogen-bond donors (Lipinski definition) is 1. The van der Waals surface area contributed by atoms with Gasteiger partial charge in [0.2, 0.25) is 5.91 Å². The lowest BCUT2D eigenvalue weighted by Crippen LogP contribution is -2.50. The van der Waals surface area contributed by atoms with Gasteiger partial charge in [-0.2, -0.15) is 0 Å². The summed E-state index contributed by atoms with van der Waals surface area (Å²) in [4.78, 5) is 27.6. The van der Waals surface area contributed by atoms with Crippen molar-refractivity contribution in [3.05, 3.63) is 65.2 Å². The molecule has 2 amide bonds. The predicted molar refractivity (Wildman–Crippen MR) is 118 cm³/mol. The lowest BCUT2D eigenvalue weighted by Gasteiger charge is -2.29. The summed E-state index contributed by atoms with van der Waals surface area (Å²) in [6.45, 7) is 6.07. The predicted octanol–water partition coefficient (Wildman–Crippen LogP) is 4.16. The van der Waals surface area contributed by atoms with E-state index in [1.807, 2.05) is 62.4 Å². The molecule has 5 heteroatoms. The van der Waals surface area contributed by atoms with E-state index in [1.54, 1.807) is 11.8 Å². The van der Waals surface area contributed by atoms with Crippen LogP contribution in [-0.4, -0.2) is 35.4 Å². The van der Waals surface area contributed by atoms with Crippen molar-refractivity contribution in [3.63, 3.8) is 0 Å². The van der Waals surface area contributed by atoms with Gasteiger partial charge in [-0.05, 0) is 56.9 Å². The molecule has 30 heavy (non-hydrogen) atoms. The first-order valence-corrected chi connectivity index (χ1v) is 10.8. The van der Waals surface area contributed by atoms with E-state index in [9.17, 15) is 9.59 Å². The fourth-order valence-corrected chi connectivity index (χ4v) is 3.80. The van der Waals surface area contributed by atoms with Crippen LogP contribution in [0.2, 0.25) is 0 Å². The number of benzene rings is 2. The molecule has 1 aliphatic carbocycles. The van der Waals surface area contributed by atoms with Gasteiger partial charge in [0.25, 0.3) is 5.91 Å². The summed E-state index contributed by atoms with van der Waals surface area (Å²) in [6, 6.07) is 15.3. The molecule has 3 rings (SSSR count). The van der Waals surface area contributed by atoms with E-state index in [1.165, 1.54) is 0 Å². The Hall–Kier alpha value is -2.82. The van der Waals surface area contributed by atoms with Crippen molar-refractivity contribution in [2.24, 2.45) is 0 Å². The SMILES string of the molecule is Cc1ccc(CN(C(=O)COc2cccc(C)c2)[C@H](C)C(=O)NC2CCCC2)cc1. The van der Waals surface area contributed by atoms with E-state index in [4.69, 9.17) is 4.74 Å². The van der Waals surface area contributed by atoms with Gasteiger partial charge in [-0.15, -0.1) is 0 Å². The Bertz CT molecular complexity index is 857. The topological polar surface area (TPSA) is 58.6 Å². The zero-order valence-corrected chi connectivity index (χ0v) is 18.2. The second-order valence-corrected chi connectivity index (χ2v) is 8.28. The van der Waals surface area contributed by atoms with Crippen LogP contribution in [-0.2, 0) is 16.1 Å². The maximum absolute atomic E-state index is 13.1. The molecule has 0 unspecified atom stereocenters. The Morgan fingerprint density at radius 3 is 2.43 bits per heavy atom. The van der Waals surface area contributed by atoms with Gasteiger partial charge in [0.05, 0.1) is 0 Å². The average Bonchev–Trinajstić information content (AvgIpc) is 3.24. The summed E-state index contributed by atoms with van der Waals surface area (Å²) < 4.78 is 5.73. The molecule has 1 N–H and O–H groups in total. The fourth-order valence-electron chi connectivity index (χ4n) is 3.80. The number of carbonyl (C=O) groups excluding carboxylic acids is 2. The average molecular weight is 409 g/mol. The first-order chi connectivity index (χ1) is 14.4. The third-order valence-electron chi connectivity index (χ3n) is 5.69. The zero-order valence-electron chi connectivity index (χ0n) is 18.2. The molecule has 0 aliphatic heterocycles. The van der Waals surface area contributed by atoms with Crippen molar-refractivity contribution in [3.8, 4) is 5.75 Å². The number of nitrogens with zero attached hydrogens (tertiary/aromatic N) is 1. The summed E-state index contributed by atoms with van der Waals surface area (Å²) >= 11 is 0. The van der Waals surface area contributed by atoms with E-state index in [-0.39, 0.29) is 24.5 Å². The third-order valence-corrected chi connectivity index (χ3v) is 5.69. The Labute approximate surface area is 179 Å². The highest BCUT2D eigenvalue weighted by molar-refractivity contribution is 5.88. The molecular weight excluding hydrogens is 376 g/mol. The quantitative estimate of drug-likeness (QED) is 0.714. The smallest absolute Gasteiger partial charge is 0.261 e. The molecule has 160 valence electrons. The molecule has 1 aliphatic rings. The van der Waals surface area contributed by atoms with Crippen molar-refractivity contribution in [1.29, 1.82) is 0 Å². The number of nitrogens with one attached hydrogen (secondary N) is 1. The number of aryl methyl sites for hydroxylation is 2. The zero-order chi connectivity index (χ0) is 21.5. The molecule has 2 aromatic rings. The van der Waals surface area contributed by atoms with Crippen molar-refractivity contribution in [2.45, 2.75) is 65.1 Å². The number of hydrogen-bond acceptors (Lipinski definition) is 3. The van der Waals surface area contributed by atoms with Crippen LogP contribution in [0.5, 0.6) is 5.75 Å². The van der Waals surface area contributed by atoms with Gasteiger partial charge in [-0.1, -0.05) is 54.8 Å². The standard InChI is InChI=1S/C25H32N2O3/c1-18-11-13-21(14-12-18)16-27(20(3)25(29)26-22-8-4-5-9-22)24(28)17-30-23-10-6-7-19(2)15-23/h6-7,10-15,20,22H,4-5,8-9,16-17H2,1-3H3,(H,26,29)/t20-/m1/s1. The second-order valence-electron chi connectivity index (χ2n) is 8.28. The molecular formula is C25H32N2O3. The maximum atomic E-state index is 13.1. The highest BCUT2D eigenvalue weighted by Gasteiger charge is 2.28. The maximum Gasteiger partial charge on any atom is 0.261 e. The van der Waals surface area contributed by atoms with Crippen LogP contribution < -0.4 is 10.1 Å². The molecule has 0 bridgehead atoms. The first kappa shape index (κ1) is 21.9. The largest absolute Gasteiger partial charge is 0.484 e. The summed E-state index contributed by atoms with van der Waals surface area (Å²) in [5.74, 6) is 0.353. The lowest BCUT2D eigenvalue weighted by molar-refractivity contribution is -0.142. The Morgan fingerprint density at radius 1 is 1.07 bits per heavy atom. The van der Waals surface area contributed by atoms with Crippen molar-refractivity contribution in [1.82, 2.24) is 10.2 Å². The number of amides is 2. The summed E-state index contributed by atoms with van der Waals surface area (Å²) in [5.41, 5.74) is 3.22.